The number of nitrogens with zero attached hydrogens (tertiary/aromatic N) is 4. The number of Topliss-reactive ketones (excluding diaryl/α,β-unsaturated/α-hetero) is 1. The first-order valence-corrected chi connectivity index (χ1v) is 9.31. The lowest BCUT2D eigenvalue weighted by atomic mass is 10.1. The average Bonchev–Trinajstić information content (AvgIpc) is 3.11. The SMILES string of the molecule is O=C(CSc1ncnc2c1cnn2Cc1ccccc1)c1ccc(F)cc1. The molecule has 0 aliphatic rings. The van der Waals surface area contributed by atoms with Gasteiger partial charge in [0, 0.05) is 5.56 Å². The predicted molar refractivity (Wildman–Crippen MR) is 102 cm³/mol. The summed E-state index contributed by atoms with van der Waals surface area (Å²) < 4.78 is 14.8. The highest BCUT2D eigenvalue weighted by molar-refractivity contribution is 8.00. The van der Waals surface area contributed by atoms with Gasteiger partial charge in [0.05, 0.1) is 23.9 Å². The fourth-order valence-corrected chi connectivity index (χ4v) is 3.57. The van der Waals surface area contributed by atoms with Gasteiger partial charge in [0.1, 0.15) is 17.2 Å². The summed E-state index contributed by atoms with van der Waals surface area (Å²) in [5, 5.41) is 5.93. The van der Waals surface area contributed by atoms with Gasteiger partial charge in [0.25, 0.3) is 0 Å². The summed E-state index contributed by atoms with van der Waals surface area (Å²) in [5.74, 6) is -0.229. The number of halogens is 1. The summed E-state index contributed by atoms with van der Waals surface area (Å²) in [4.78, 5) is 20.9. The third-order valence-electron chi connectivity index (χ3n) is 4.08. The van der Waals surface area contributed by atoms with Gasteiger partial charge in [-0.3, -0.25) is 4.79 Å². The van der Waals surface area contributed by atoms with Crippen molar-refractivity contribution in [2.24, 2.45) is 0 Å². The van der Waals surface area contributed by atoms with Crippen LogP contribution in [0.25, 0.3) is 11.0 Å². The molecule has 0 atom stereocenters. The number of benzene rings is 2. The normalized spacial score (nSPS) is 11.0. The molecule has 7 heteroatoms. The van der Waals surface area contributed by atoms with Crippen molar-refractivity contribution in [3.8, 4) is 0 Å². The quantitative estimate of drug-likeness (QED) is 0.288. The Bertz CT molecular complexity index is 1080. The Morgan fingerprint density at radius 1 is 1.04 bits per heavy atom. The summed E-state index contributed by atoms with van der Waals surface area (Å²) in [7, 11) is 0. The van der Waals surface area contributed by atoms with Crippen LogP contribution in [0.1, 0.15) is 15.9 Å². The zero-order valence-electron chi connectivity index (χ0n) is 14.2. The first-order chi connectivity index (χ1) is 13.2. The van der Waals surface area contributed by atoms with E-state index in [1.54, 1.807) is 6.20 Å². The number of rotatable bonds is 6. The lowest BCUT2D eigenvalue weighted by Crippen LogP contribution is -2.04. The maximum Gasteiger partial charge on any atom is 0.173 e. The molecule has 0 unspecified atom stereocenters. The maximum atomic E-state index is 13.0. The molecule has 0 N–H and O–H groups in total. The number of carbonyl (C=O) groups is 1. The molecular formula is C20H15FN4OS. The van der Waals surface area contributed by atoms with Crippen LogP contribution in [0, 0.1) is 5.82 Å². The smallest absolute Gasteiger partial charge is 0.173 e. The number of thioether (sulfide) groups is 1. The van der Waals surface area contributed by atoms with Crippen molar-refractivity contribution in [2.75, 3.05) is 5.75 Å². The Morgan fingerprint density at radius 3 is 2.59 bits per heavy atom. The molecule has 0 spiro atoms. The van der Waals surface area contributed by atoms with Crippen LogP contribution in [-0.4, -0.2) is 31.3 Å². The van der Waals surface area contributed by atoms with E-state index in [-0.39, 0.29) is 17.4 Å². The number of fused-ring (bicyclic) bond motifs is 1. The number of carbonyl (C=O) groups excluding carboxylic acids is 1. The summed E-state index contributed by atoms with van der Waals surface area (Å²) in [5.41, 5.74) is 2.33. The van der Waals surface area contributed by atoms with Crippen molar-refractivity contribution in [3.05, 3.63) is 84.1 Å². The molecule has 2 aromatic heterocycles. The molecule has 0 aliphatic heterocycles. The van der Waals surface area contributed by atoms with E-state index in [9.17, 15) is 9.18 Å². The monoisotopic (exact) mass is 378 g/mol. The fraction of sp³-hybridized carbons (Fsp3) is 0.100. The molecule has 2 aromatic carbocycles. The summed E-state index contributed by atoms with van der Waals surface area (Å²) in [6.45, 7) is 0.611. The lowest BCUT2D eigenvalue weighted by Gasteiger charge is -2.05. The molecule has 0 saturated carbocycles. The molecule has 5 nitrogen and oxygen atoms in total. The topological polar surface area (TPSA) is 60.7 Å². The Morgan fingerprint density at radius 2 is 1.81 bits per heavy atom. The third kappa shape index (κ3) is 3.88. The van der Waals surface area contributed by atoms with E-state index in [4.69, 9.17) is 0 Å². The van der Waals surface area contributed by atoms with E-state index in [2.05, 4.69) is 15.1 Å². The first kappa shape index (κ1) is 17.4. The number of ketones is 1. The summed E-state index contributed by atoms with van der Waals surface area (Å²) >= 11 is 1.33. The van der Waals surface area contributed by atoms with Gasteiger partial charge in [0.15, 0.2) is 11.4 Å². The van der Waals surface area contributed by atoms with Gasteiger partial charge in [-0.15, -0.1) is 0 Å². The molecule has 0 radical (unpaired) electrons. The molecule has 0 amide bonds. The molecule has 2 heterocycles. The minimum Gasteiger partial charge on any atom is -0.293 e. The van der Waals surface area contributed by atoms with E-state index in [0.717, 1.165) is 16.6 Å². The van der Waals surface area contributed by atoms with E-state index in [0.29, 0.717) is 17.1 Å². The Kier molecular flexibility index (Phi) is 4.93. The van der Waals surface area contributed by atoms with Crippen molar-refractivity contribution in [2.45, 2.75) is 11.6 Å². The van der Waals surface area contributed by atoms with Gasteiger partial charge in [-0.05, 0) is 29.8 Å². The standard InChI is InChI=1S/C20H15FN4OS/c21-16-8-6-15(7-9-16)18(26)12-27-20-17-10-24-25(19(17)22-13-23-20)11-14-4-2-1-3-5-14/h1-10,13H,11-12H2. The highest BCUT2D eigenvalue weighted by Gasteiger charge is 2.13. The van der Waals surface area contributed by atoms with Gasteiger partial charge in [-0.2, -0.15) is 5.10 Å². The predicted octanol–water partition coefficient (Wildman–Crippen LogP) is 3.99. The van der Waals surface area contributed by atoms with Crippen molar-refractivity contribution in [1.29, 1.82) is 0 Å². The second kappa shape index (κ2) is 7.67. The van der Waals surface area contributed by atoms with Crippen LogP contribution in [-0.2, 0) is 6.54 Å². The molecule has 0 saturated heterocycles. The molecule has 27 heavy (non-hydrogen) atoms. The van der Waals surface area contributed by atoms with Crippen LogP contribution in [0.15, 0.2) is 72.1 Å². The summed E-state index contributed by atoms with van der Waals surface area (Å²) in [6.07, 6.45) is 3.21. The second-order valence-corrected chi connectivity index (χ2v) is 6.89. The van der Waals surface area contributed by atoms with Crippen molar-refractivity contribution in [1.82, 2.24) is 19.7 Å². The van der Waals surface area contributed by atoms with Crippen LogP contribution in [0.3, 0.4) is 0 Å². The number of hydrogen-bond acceptors (Lipinski definition) is 5. The average molecular weight is 378 g/mol. The Balaban J connectivity index is 1.52. The number of aromatic nitrogens is 4. The zero-order chi connectivity index (χ0) is 18.6. The van der Waals surface area contributed by atoms with E-state index < -0.39 is 0 Å². The third-order valence-corrected chi connectivity index (χ3v) is 5.08. The van der Waals surface area contributed by atoms with Gasteiger partial charge in [0.2, 0.25) is 0 Å². The van der Waals surface area contributed by atoms with Crippen LogP contribution < -0.4 is 0 Å². The second-order valence-electron chi connectivity index (χ2n) is 5.92. The first-order valence-electron chi connectivity index (χ1n) is 8.33. The van der Waals surface area contributed by atoms with Gasteiger partial charge in [-0.1, -0.05) is 42.1 Å². The minimum atomic E-state index is -0.359. The lowest BCUT2D eigenvalue weighted by molar-refractivity contribution is 0.102. The number of hydrogen-bond donors (Lipinski definition) is 0. The van der Waals surface area contributed by atoms with Crippen molar-refractivity contribution in [3.63, 3.8) is 0 Å². The molecule has 0 aliphatic carbocycles. The van der Waals surface area contributed by atoms with E-state index >= 15 is 0 Å². The van der Waals surface area contributed by atoms with E-state index in [1.807, 2.05) is 35.0 Å². The zero-order valence-corrected chi connectivity index (χ0v) is 15.1. The molecule has 4 rings (SSSR count). The fourth-order valence-electron chi connectivity index (χ4n) is 2.71. The van der Waals surface area contributed by atoms with Crippen LogP contribution >= 0.6 is 11.8 Å². The molecular weight excluding hydrogens is 363 g/mol. The van der Waals surface area contributed by atoms with Gasteiger partial charge >= 0.3 is 0 Å². The molecule has 0 fully saturated rings. The van der Waals surface area contributed by atoms with Crippen molar-refractivity contribution < 1.29 is 9.18 Å². The maximum absolute atomic E-state index is 13.0. The minimum absolute atomic E-state index is 0.0801. The highest BCUT2D eigenvalue weighted by Crippen LogP contribution is 2.25. The van der Waals surface area contributed by atoms with E-state index in [1.165, 1.54) is 42.4 Å². The summed E-state index contributed by atoms with van der Waals surface area (Å²) in [6, 6.07) is 15.6. The molecule has 4 aromatic rings. The van der Waals surface area contributed by atoms with Crippen molar-refractivity contribution >= 4 is 28.6 Å². The molecule has 134 valence electrons. The van der Waals surface area contributed by atoms with Crippen LogP contribution in [0.5, 0.6) is 0 Å². The van der Waals surface area contributed by atoms with Gasteiger partial charge in [-0.25, -0.2) is 19.0 Å². The van der Waals surface area contributed by atoms with Crippen LogP contribution in [0.4, 0.5) is 4.39 Å². The largest absolute Gasteiger partial charge is 0.293 e. The van der Waals surface area contributed by atoms with Gasteiger partial charge < -0.3 is 0 Å². The Labute approximate surface area is 159 Å². The molecule has 0 bridgehead atoms. The van der Waals surface area contributed by atoms with Crippen LogP contribution in [0.2, 0.25) is 0 Å². The Hall–Kier alpha value is -3.06. The highest BCUT2D eigenvalue weighted by atomic mass is 32.2.